The van der Waals surface area contributed by atoms with Crippen LogP contribution in [0.15, 0.2) is 24.3 Å². The van der Waals surface area contributed by atoms with Crippen molar-refractivity contribution >= 4 is 33.3 Å². The standard InChI is InChI=1S/C21H24N6O4S/c1-31-7-6-23-21-26-14(9-22)16(20-25-12-4-2-3-5-15(12)32-20)19(27-21)24-13-8-11(10-28)17(29)18(13)30/h2-5,11,13,17-18,28-30H,6-8,10H2,1H3,(H2,23,24,26,27). The average Bonchev–Trinajstić information content (AvgIpc) is 3.35. The number of ether oxygens (including phenoxy) is 1. The minimum atomic E-state index is -1.10. The third kappa shape index (κ3) is 4.36. The molecule has 1 aliphatic rings. The lowest BCUT2D eigenvalue weighted by Crippen LogP contribution is -2.35. The molecule has 2 aromatic heterocycles. The fraction of sp³-hybridized carbons (Fsp3) is 0.429. The molecule has 0 bridgehead atoms. The van der Waals surface area contributed by atoms with E-state index in [2.05, 4.69) is 31.7 Å². The maximum absolute atomic E-state index is 10.5. The van der Waals surface area contributed by atoms with Gasteiger partial charge in [0.25, 0.3) is 0 Å². The van der Waals surface area contributed by atoms with E-state index >= 15 is 0 Å². The Morgan fingerprint density at radius 3 is 2.72 bits per heavy atom. The molecule has 0 amide bonds. The normalized spacial score (nSPS) is 22.7. The molecule has 1 fully saturated rings. The molecule has 0 spiro atoms. The molecule has 4 atom stereocenters. The van der Waals surface area contributed by atoms with Crippen LogP contribution in [0.5, 0.6) is 0 Å². The van der Waals surface area contributed by atoms with Crippen molar-refractivity contribution in [2.45, 2.75) is 24.7 Å². The van der Waals surface area contributed by atoms with Gasteiger partial charge in [-0.1, -0.05) is 12.1 Å². The highest BCUT2D eigenvalue weighted by Crippen LogP contribution is 2.38. The number of anilines is 2. The first kappa shape index (κ1) is 22.3. The second-order valence-corrected chi connectivity index (χ2v) is 8.58. The number of hydrogen-bond donors (Lipinski definition) is 5. The number of aromatic nitrogens is 3. The molecule has 1 aliphatic carbocycles. The number of aliphatic hydroxyl groups is 3. The van der Waals surface area contributed by atoms with Gasteiger partial charge in [0, 0.05) is 26.2 Å². The van der Waals surface area contributed by atoms with E-state index < -0.39 is 24.2 Å². The van der Waals surface area contributed by atoms with Gasteiger partial charge in [0.1, 0.15) is 23.0 Å². The molecule has 3 aromatic rings. The molecule has 0 saturated heterocycles. The SMILES string of the molecule is COCCNc1nc(C#N)c(-c2nc3ccccc3s2)c(NC2CC(CO)C(O)C2O)n1. The largest absolute Gasteiger partial charge is 0.396 e. The Bertz CT molecular complexity index is 1100. The fourth-order valence-electron chi connectivity index (χ4n) is 3.80. The van der Waals surface area contributed by atoms with Crippen LogP contribution in [-0.4, -0.2) is 75.4 Å². The monoisotopic (exact) mass is 456 g/mol. The predicted octanol–water partition coefficient (Wildman–Crippen LogP) is 1.20. The molecule has 4 unspecified atom stereocenters. The van der Waals surface area contributed by atoms with Gasteiger partial charge in [-0.3, -0.25) is 0 Å². The Morgan fingerprint density at radius 2 is 2.03 bits per heavy atom. The molecular formula is C21H24N6O4S. The van der Waals surface area contributed by atoms with Crippen molar-refractivity contribution in [3.63, 3.8) is 0 Å². The Balaban J connectivity index is 1.77. The van der Waals surface area contributed by atoms with Crippen LogP contribution in [0.1, 0.15) is 12.1 Å². The van der Waals surface area contributed by atoms with Gasteiger partial charge in [-0.25, -0.2) is 9.97 Å². The maximum atomic E-state index is 10.5. The van der Waals surface area contributed by atoms with E-state index in [4.69, 9.17) is 4.74 Å². The smallest absolute Gasteiger partial charge is 0.226 e. The zero-order valence-electron chi connectivity index (χ0n) is 17.4. The molecule has 0 aliphatic heterocycles. The third-order valence-electron chi connectivity index (χ3n) is 5.47. The Hall–Kier alpha value is -2.88. The molecule has 32 heavy (non-hydrogen) atoms. The van der Waals surface area contributed by atoms with Crippen LogP contribution in [0.2, 0.25) is 0 Å². The molecule has 168 valence electrons. The molecule has 0 radical (unpaired) electrons. The quantitative estimate of drug-likeness (QED) is 0.312. The van der Waals surface area contributed by atoms with E-state index in [0.29, 0.717) is 36.0 Å². The summed E-state index contributed by atoms with van der Waals surface area (Å²) in [6.45, 7) is 0.635. The molecule has 2 heterocycles. The third-order valence-corrected chi connectivity index (χ3v) is 6.52. The zero-order valence-corrected chi connectivity index (χ0v) is 18.2. The van der Waals surface area contributed by atoms with Crippen molar-refractivity contribution in [3.8, 4) is 16.6 Å². The summed E-state index contributed by atoms with van der Waals surface area (Å²) in [6, 6.07) is 9.20. The molecule has 10 nitrogen and oxygen atoms in total. The van der Waals surface area contributed by atoms with Gasteiger partial charge < -0.3 is 30.7 Å². The van der Waals surface area contributed by atoms with Gasteiger partial charge in [0.2, 0.25) is 5.95 Å². The van der Waals surface area contributed by atoms with Gasteiger partial charge in [-0.05, 0) is 18.6 Å². The van der Waals surface area contributed by atoms with Crippen LogP contribution in [-0.2, 0) is 4.74 Å². The maximum Gasteiger partial charge on any atom is 0.226 e. The number of hydrogen-bond acceptors (Lipinski definition) is 11. The van der Waals surface area contributed by atoms with Crippen LogP contribution in [0, 0.1) is 17.2 Å². The highest BCUT2D eigenvalue weighted by molar-refractivity contribution is 7.21. The van der Waals surface area contributed by atoms with E-state index in [-0.39, 0.29) is 18.2 Å². The van der Waals surface area contributed by atoms with Crippen LogP contribution < -0.4 is 10.6 Å². The van der Waals surface area contributed by atoms with E-state index in [9.17, 15) is 20.6 Å². The van der Waals surface area contributed by atoms with Crippen molar-refractivity contribution in [2.24, 2.45) is 5.92 Å². The molecule has 4 rings (SSSR count). The van der Waals surface area contributed by atoms with Gasteiger partial charge in [-0.15, -0.1) is 11.3 Å². The number of nitriles is 1. The summed E-state index contributed by atoms with van der Waals surface area (Å²) in [4.78, 5) is 13.5. The van der Waals surface area contributed by atoms with Gasteiger partial charge in [-0.2, -0.15) is 10.2 Å². The van der Waals surface area contributed by atoms with Gasteiger partial charge in [0.15, 0.2) is 5.69 Å². The summed E-state index contributed by atoms with van der Waals surface area (Å²) >= 11 is 1.41. The number of benzene rings is 1. The van der Waals surface area contributed by atoms with Crippen molar-refractivity contribution in [1.82, 2.24) is 15.0 Å². The second kappa shape index (κ2) is 9.72. The first-order valence-corrected chi connectivity index (χ1v) is 11.0. The molecule has 5 N–H and O–H groups in total. The van der Waals surface area contributed by atoms with E-state index in [1.165, 1.54) is 11.3 Å². The van der Waals surface area contributed by atoms with Crippen LogP contribution in [0.25, 0.3) is 20.8 Å². The molecule has 1 aromatic carbocycles. The van der Waals surface area contributed by atoms with Crippen LogP contribution >= 0.6 is 11.3 Å². The lowest BCUT2D eigenvalue weighted by Gasteiger charge is -2.21. The van der Waals surface area contributed by atoms with Crippen LogP contribution in [0.4, 0.5) is 11.8 Å². The number of aliphatic hydroxyl groups excluding tert-OH is 3. The van der Waals surface area contributed by atoms with Crippen molar-refractivity contribution in [3.05, 3.63) is 30.0 Å². The summed E-state index contributed by atoms with van der Waals surface area (Å²) in [5.74, 6) is 0.105. The second-order valence-electron chi connectivity index (χ2n) is 7.55. The molecule has 11 heteroatoms. The lowest BCUT2D eigenvalue weighted by atomic mass is 10.1. The predicted molar refractivity (Wildman–Crippen MR) is 120 cm³/mol. The molecular weight excluding hydrogens is 432 g/mol. The highest BCUT2D eigenvalue weighted by Gasteiger charge is 2.41. The number of nitrogens with zero attached hydrogens (tertiary/aromatic N) is 4. The van der Waals surface area contributed by atoms with Crippen LogP contribution in [0.3, 0.4) is 0 Å². The Kier molecular flexibility index (Phi) is 6.78. The summed E-state index contributed by atoms with van der Waals surface area (Å²) in [5, 5.41) is 46.8. The summed E-state index contributed by atoms with van der Waals surface area (Å²) < 4.78 is 6.00. The number of para-hydroxylation sites is 1. The highest BCUT2D eigenvalue weighted by atomic mass is 32.1. The number of methoxy groups -OCH3 is 1. The number of nitrogens with one attached hydrogen (secondary N) is 2. The summed E-state index contributed by atoms with van der Waals surface area (Å²) in [7, 11) is 1.58. The van der Waals surface area contributed by atoms with E-state index in [0.717, 1.165) is 10.2 Å². The number of fused-ring (bicyclic) bond motifs is 1. The van der Waals surface area contributed by atoms with Gasteiger partial charge in [0.05, 0.1) is 34.5 Å². The summed E-state index contributed by atoms with van der Waals surface area (Å²) in [5.41, 5.74) is 1.36. The van der Waals surface area contributed by atoms with E-state index in [1.54, 1.807) is 7.11 Å². The van der Waals surface area contributed by atoms with Gasteiger partial charge >= 0.3 is 0 Å². The molecule has 1 saturated carbocycles. The average molecular weight is 457 g/mol. The Labute approximate surface area is 188 Å². The first-order chi connectivity index (χ1) is 15.5. The lowest BCUT2D eigenvalue weighted by molar-refractivity contribution is 0.00446. The van der Waals surface area contributed by atoms with Crippen molar-refractivity contribution in [2.75, 3.05) is 37.5 Å². The minimum Gasteiger partial charge on any atom is -0.396 e. The summed E-state index contributed by atoms with van der Waals surface area (Å²) in [6.07, 6.45) is -1.81. The Morgan fingerprint density at radius 1 is 1.22 bits per heavy atom. The minimum absolute atomic E-state index is 0.133. The van der Waals surface area contributed by atoms with Crippen molar-refractivity contribution < 1.29 is 20.1 Å². The van der Waals surface area contributed by atoms with E-state index in [1.807, 2.05) is 24.3 Å². The number of thiazole rings is 1. The topological polar surface area (TPSA) is 156 Å². The fourth-order valence-corrected chi connectivity index (χ4v) is 4.81. The van der Waals surface area contributed by atoms with Crippen molar-refractivity contribution in [1.29, 1.82) is 5.26 Å². The number of rotatable bonds is 8. The first-order valence-electron chi connectivity index (χ1n) is 10.2. The zero-order chi connectivity index (χ0) is 22.7.